The van der Waals surface area contributed by atoms with E-state index >= 15 is 0 Å². The zero-order valence-corrected chi connectivity index (χ0v) is 76.3. The highest BCUT2D eigenvalue weighted by atomic mass is 16.4. The van der Waals surface area contributed by atoms with Crippen LogP contribution in [0.4, 0.5) is 0 Å². The van der Waals surface area contributed by atoms with Crippen LogP contribution in [-0.2, 0) is 52.7 Å². The van der Waals surface area contributed by atoms with Gasteiger partial charge < -0.3 is 175 Å². The van der Waals surface area contributed by atoms with Gasteiger partial charge in [-0.1, -0.05) is 141 Å². The fourth-order valence-electron chi connectivity index (χ4n) is 19.2. The highest BCUT2D eigenvalue weighted by Gasteiger charge is 2.41. The van der Waals surface area contributed by atoms with E-state index in [9.17, 15) is 109 Å². The summed E-state index contributed by atoms with van der Waals surface area (Å²) < 4.78 is 0. The van der Waals surface area contributed by atoms with E-state index in [0.717, 1.165) is 212 Å². The number of carbonyl (C=O) groups is 11. The molecule has 33 atom stereocenters. The molecule has 0 aromatic carbocycles. The molecule has 44 N–H and O–H groups in total. The molecule has 11 aliphatic carbocycles. The van der Waals surface area contributed by atoms with Crippen molar-refractivity contribution in [2.24, 2.45) is 128 Å². The lowest BCUT2D eigenvalue weighted by Crippen LogP contribution is -2.45. The standard InChI is InChI=1S/11C8H15NO3/c11*9-7(8(11)12)5-3-1-2-4-6(5)10/h11*5-7,10H,1-4,9H2,(H,11,12)/t2*5?,6?,7-;2*5-,6+,7+;2*5-,6+,7-;2*5-,6-,7+;2*5-,6-,7-;/m1010101010./s1. The van der Waals surface area contributed by atoms with Crippen LogP contribution in [0.25, 0.3) is 0 Å². The Morgan fingerprint density at radius 2 is 0.182 bits per heavy atom. The molecule has 11 fully saturated rings. The molecule has 0 amide bonds. The number of hydrogen-bond acceptors (Lipinski definition) is 33. The molecule has 770 valence electrons. The lowest BCUT2D eigenvalue weighted by atomic mass is 9.82. The van der Waals surface area contributed by atoms with Crippen LogP contribution in [0.2, 0.25) is 0 Å². The van der Waals surface area contributed by atoms with E-state index in [-0.39, 0.29) is 65.1 Å². The largest absolute Gasteiger partial charge is 0.480 e. The maximum Gasteiger partial charge on any atom is 0.320 e. The average Bonchev–Trinajstić information content (AvgIpc) is 0.946. The smallest absolute Gasteiger partial charge is 0.320 e. The summed E-state index contributed by atoms with van der Waals surface area (Å²) >= 11 is 0. The molecule has 0 heterocycles. The quantitative estimate of drug-likeness (QED) is 0.0646. The molecular weight excluding hydrogens is 1740 g/mol. The first-order valence-electron chi connectivity index (χ1n) is 47.2. The van der Waals surface area contributed by atoms with Crippen LogP contribution < -0.4 is 63.1 Å². The van der Waals surface area contributed by atoms with Gasteiger partial charge >= 0.3 is 65.7 Å². The lowest BCUT2D eigenvalue weighted by molar-refractivity contribution is -0.142. The third-order valence-electron chi connectivity index (χ3n) is 27.8. The number of rotatable bonds is 22. The van der Waals surface area contributed by atoms with Crippen LogP contribution in [0.3, 0.4) is 0 Å². The summed E-state index contributed by atoms with van der Waals surface area (Å²) in [5, 5.41) is 199. The van der Waals surface area contributed by atoms with Crippen molar-refractivity contribution in [3.8, 4) is 0 Å². The van der Waals surface area contributed by atoms with Gasteiger partial charge in [0.15, 0.2) is 0 Å². The topological polar surface area (TPSA) is 919 Å². The number of carboxylic acid groups (broad SMARTS) is 11. The van der Waals surface area contributed by atoms with Gasteiger partial charge in [-0.15, -0.1) is 0 Å². The third kappa shape index (κ3) is 45.1. The molecular formula is C88H165N11O33. The summed E-state index contributed by atoms with van der Waals surface area (Å²) in [7, 11) is 0. The van der Waals surface area contributed by atoms with Crippen LogP contribution in [0.15, 0.2) is 0 Å². The van der Waals surface area contributed by atoms with E-state index in [1.54, 1.807) is 0 Å². The Kier molecular flexibility index (Phi) is 61.6. The molecule has 11 rings (SSSR count). The van der Waals surface area contributed by atoms with Gasteiger partial charge in [0.1, 0.15) is 66.5 Å². The molecule has 0 aliphatic heterocycles. The SMILES string of the molecule is NC(C(=O)O)C1CCCCC1O.N[C@@H](C(=O)O)C1CCCCC1O.N[C@@H](C(=O)O)[C@@H]1CCCC[C@@H]1O.N[C@@H](C(=O)O)[C@@H]1CCCC[C@H]1O.N[C@@H](C(=O)O)[C@H]1CCCC[C@@H]1O.N[C@@H](C(=O)O)[C@H]1CCCC[C@H]1O.N[C@H](C(=O)O)C1CCCCC1O.N[C@H](C(=O)O)[C@@H]1CCCC[C@@H]1O.N[C@H](C(=O)O)[C@@H]1CCCC[C@H]1O.N[C@H](C(=O)O)[C@H]1CCCC[C@@H]1O.N[C@H](C(=O)O)[C@H]1CCCC[C@H]1O. The highest BCUT2D eigenvalue weighted by Crippen LogP contribution is 2.35. The highest BCUT2D eigenvalue weighted by molar-refractivity contribution is 5.77. The van der Waals surface area contributed by atoms with Crippen molar-refractivity contribution < 1.29 is 165 Å². The first-order chi connectivity index (χ1) is 61.9. The van der Waals surface area contributed by atoms with Crippen molar-refractivity contribution in [1.29, 1.82) is 0 Å². The Bertz CT molecular complexity index is 2610. The van der Waals surface area contributed by atoms with Gasteiger partial charge in [0.05, 0.1) is 67.1 Å². The zero-order valence-electron chi connectivity index (χ0n) is 76.3. The number of aliphatic hydroxyl groups excluding tert-OH is 11. The molecule has 11 aliphatic rings. The molecule has 0 bridgehead atoms. The first-order valence-corrected chi connectivity index (χ1v) is 47.2. The Morgan fingerprint density at radius 1 is 0.129 bits per heavy atom. The summed E-state index contributed by atoms with van der Waals surface area (Å²) in [6.45, 7) is 0. The van der Waals surface area contributed by atoms with Crippen LogP contribution in [0, 0.1) is 65.1 Å². The Labute approximate surface area is 771 Å². The molecule has 0 radical (unpaired) electrons. The molecule has 44 heteroatoms. The molecule has 11 saturated carbocycles. The second-order valence-electron chi connectivity index (χ2n) is 37.2. The molecule has 132 heavy (non-hydrogen) atoms. The van der Waals surface area contributed by atoms with Gasteiger partial charge in [-0.05, 0) is 141 Å². The summed E-state index contributed by atoms with van der Waals surface area (Å²) in [6, 6.07) is -9.93. The number of hydrogen-bond donors (Lipinski definition) is 33. The summed E-state index contributed by atoms with van der Waals surface area (Å²) in [5.41, 5.74) is 59.6. The predicted octanol–water partition coefficient (Wildman–Crippen LogP) is -0.557. The number of aliphatic carboxylic acids is 11. The van der Waals surface area contributed by atoms with Gasteiger partial charge in [0.2, 0.25) is 0 Å². The maximum atomic E-state index is 10.5. The van der Waals surface area contributed by atoms with E-state index < -0.39 is 199 Å². The number of nitrogens with two attached hydrogens (primary N) is 11. The lowest BCUT2D eigenvalue weighted by Gasteiger charge is -2.29. The van der Waals surface area contributed by atoms with E-state index in [1.165, 1.54) is 0 Å². The van der Waals surface area contributed by atoms with E-state index in [1.807, 2.05) is 0 Å². The Hall–Kier alpha value is -6.71. The minimum Gasteiger partial charge on any atom is -0.480 e. The monoisotopic (exact) mass is 1900 g/mol. The van der Waals surface area contributed by atoms with Gasteiger partial charge in [0, 0.05) is 65.1 Å². The van der Waals surface area contributed by atoms with Gasteiger partial charge in [-0.3, -0.25) is 52.7 Å². The molecule has 0 saturated heterocycles. The van der Waals surface area contributed by atoms with Crippen molar-refractivity contribution in [3.05, 3.63) is 0 Å². The fourth-order valence-corrected chi connectivity index (χ4v) is 19.2. The third-order valence-corrected chi connectivity index (χ3v) is 27.8. The minimum absolute atomic E-state index is 0.253. The minimum atomic E-state index is -1.01. The van der Waals surface area contributed by atoms with Crippen LogP contribution in [0.1, 0.15) is 283 Å². The molecule has 0 aromatic heterocycles. The maximum absolute atomic E-state index is 10.5. The van der Waals surface area contributed by atoms with Gasteiger partial charge in [0.25, 0.3) is 0 Å². The normalized spacial score (nSPS) is 32.8. The van der Waals surface area contributed by atoms with Crippen LogP contribution in [0.5, 0.6) is 0 Å². The first kappa shape index (κ1) is 123. The van der Waals surface area contributed by atoms with Gasteiger partial charge in [-0.2, -0.15) is 0 Å². The summed E-state index contributed by atoms with van der Waals surface area (Å²) in [6.07, 6.45) is 31.3. The second kappa shape index (κ2) is 65.9. The summed E-state index contributed by atoms with van der Waals surface area (Å²) in [5.74, 6) is -13.9. The predicted molar refractivity (Wildman–Crippen MR) is 479 cm³/mol. The van der Waals surface area contributed by atoms with Crippen molar-refractivity contribution in [2.45, 2.75) is 416 Å². The Balaban J connectivity index is 0.000000726. The molecule has 0 spiro atoms. The van der Waals surface area contributed by atoms with Crippen LogP contribution in [-0.4, -0.2) is 312 Å². The van der Waals surface area contributed by atoms with Gasteiger partial charge in [-0.25, -0.2) is 0 Å². The van der Waals surface area contributed by atoms with E-state index in [0.29, 0.717) is 70.6 Å². The summed E-state index contributed by atoms with van der Waals surface area (Å²) in [4.78, 5) is 116. The number of carboxylic acids is 11. The van der Waals surface area contributed by atoms with Crippen molar-refractivity contribution in [1.82, 2.24) is 0 Å². The van der Waals surface area contributed by atoms with E-state index in [4.69, 9.17) is 119 Å². The van der Waals surface area contributed by atoms with Crippen molar-refractivity contribution >= 4 is 65.7 Å². The average molecular weight is 1910 g/mol. The molecule has 44 nitrogen and oxygen atoms in total. The Morgan fingerprint density at radius 3 is 0.227 bits per heavy atom. The number of aliphatic hydroxyl groups is 11. The van der Waals surface area contributed by atoms with Crippen molar-refractivity contribution in [2.75, 3.05) is 0 Å². The second-order valence-corrected chi connectivity index (χ2v) is 37.2. The zero-order chi connectivity index (χ0) is 101. The van der Waals surface area contributed by atoms with E-state index in [2.05, 4.69) is 0 Å². The molecule has 0 aromatic rings. The molecule has 7 unspecified atom stereocenters. The van der Waals surface area contributed by atoms with Crippen LogP contribution >= 0.6 is 0 Å². The van der Waals surface area contributed by atoms with Crippen molar-refractivity contribution in [3.63, 3.8) is 0 Å². The fraction of sp³-hybridized carbons (Fsp3) is 0.875.